The molecule has 1 saturated heterocycles. The molecule has 2 amide bonds. The fraction of sp³-hybridized carbons (Fsp3) is 0.429. The van der Waals surface area contributed by atoms with Crippen LogP contribution in [0.5, 0.6) is 0 Å². The number of benzene rings is 1. The van der Waals surface area contributed by atoms with Gasteiger partial charge in [0.2, 0.25) is 11.8 Å². The van der Waals surface area contributed by atoms with Crippen LogP contribution in [0.1, 0.15) is 37.8 Å². The molecule has 0 spiro atoms. The lowest BCUT2D eigenvalue weighted by molar-refractivity contribution is -0.384. The molecule has 1 aromatic carbocycles. The monoisotopic (exact) mass is 291 g/mol. The molecular formula is C14H17N3O4. The zero-order chi connectivity index (χ0) is 15.4. The Morgan fingerprint density at radius 1 is 1.57 bits per heavy atom. The fourth-order valence-corrected chi connectivity index (χ4v) is 2.36. The lowest BCUT2D eigenvalue weighted by atomic mass is 10.0. The Morgan fingerprint density at radius 2 is 2.33 bits per heavy atom. The van der Waals surface area contributed by atoms with Gasteiger partial charge in [0.05, 0.1) is 11.0 Å². The smallest absolute Gasteiger partial charge is 0.269 e. The van der Waals surface area contributed by atoms with Crippen LogP contribution in [0.25, 0.3) is 0 Å². The lowest BCUT2D eigenvalue weighted by Crippen LogP contribution is -2.42. The molecule has 1 aromatic rings. The van der Waals surface area contributed by atoms with Crippen molar-refractivity contribution in [3.63, 3.8) is 0 Å². The van der Waals surface area contributed by atoms with E-state index in [0.717, 1.165) is 0 Å². The van der Waals surface area contributed by atoms with Crippen LogP contribution >= 0.6 is 0 Å². The van der Waals surface area contributed by atoms with Crippen LogP contribution in [0.3, 0.4) is 0 Å². The summed E-state index contributed by atoms with van der Waals surface area (Å²) in [5.41, 5.74) is 0.679. The van der Waals surface area contributed by atoms with Crippen molar-refractivity contribution in [3.05, 3.63) is 39.9 Å². The molecule has 1 aliphatic heterocycles. The minimum Gasteiger partial charge on any atom is -0.348 e. The number of rotatable bonds is 5. The molecule has 0 aliphatic carbocycles. The summed E-state index contributed by atoms with van der Waals surface area (Å²) in [6.07, 6.45) is 1.44. The third-order valence-corrected chi connectivity index (χ3v) is 3.52. The van der Waals surface area contributed by atoms with Crippen LogP contribution in [0.4, 0.5) is 5.69 Å². The van der Waals surface area contributed by atoms with Crippen molar-refractivity contribution in [3.8, 4) is 0 Å². The predicted octanol–water partition coefficient (Wildman–Crippen LogP) is 1.44. The molecular weight excluding hydrogens is 274 g/mol. The summed E-state index contributed by atoms with van der Waals surface area (Å²) in [6, 6.07) is 5.39. The van der Waals surface area contributed by atoms with Crippen molar-refractivity contribution < 1.29 is 14.5 Å². The van der Waals surface area contributed by atoms with Gasteiger partial charge in [-0.2, -0.15) is 0 Å². The van der Waals surface area contributed by atoms with Gasteiger partial charge < -0.3 is 10.6 Å². The first-order chi connectivity index (χ1) is 10.0. The van der Waals surface area contributed by atoms with Gasteiger partial charge in [0.15, 0.2) is 0 Å². The number of nitro benzene ring substituents is 1. The molecule has 112 valence electrons. The second-order valence-corrected chi connectivity index (χ2v) is 4.98. The van der Waals surface area contributed by atoms with Crippen LogP contribution in [0.2, 0.25) is 0 Å². The Bertz CT molecular complexity index is 573. The van der Waals surface area contributed by atoms with Gasteiger partial charge in [-0.3, -0.25) is 19.7 Å². The maximum Gasteiger partial charge on any atom is 0.269 e. The first kappa shape index (κ1) is 15.0. The van der Waals surface area contributed by atoms with Crippen molar-refractivity contribution in [1.29, 1.82) is 0 Å². The minimum atomic E-state index is -0.509. The van der Waals surface area contributed by atoms with E-state index in [0.29, 0.717) is 24.8 Å². The zero-order valence-electron chi connectivity index (χ0n) is 11.7. The Morgan fingerprint density at radius 3 is 2.90 bits per heavy atom. The maximum atomic E-state index is 12.1. The van der Waals surface area contributed by atoms with Gasteiger partial charge in [-0.25, -0.2) is 0 Å². The van der Waals surface area contributed by atoms with Gasteiger partial charge in [-0.05, 0) is 18.4 Å². The van der Waals surface area contributed by atoms with Crippen LogP contribution in [-0.4, -0.2) is 22.8 Å². The van der Waals surface area contributed by atoms with Crippen molar-refractivity contribution >= 4 is 17.5 Å². The van der Waals surface area contributed by atoms with E-state index in [1.807, 2.05) is 6.92 Å². The number of amides is 2. The SMILES string of the molecule is CC[C@H](NC(=O)[C@H]1CCC(=O)N1)c1cccc([N+](=O)[O-])c1. The first-order valence-electron chi connectivity index (χ1n) is 6.85. The molecule has 0 bridgehead atoms. The van der Waals surface area contributed by atoms with Crippen molar-refractivity contribution in [2.45, 2.75) is 38.3 Å². The minimum absolute atomic E-state index is 0.00521. The van der Waals surface area contributed by atoms with E-state index in [1.54, 1.807) is 12.1 Å². The molecule has 7 nitrogen and oxygen atoms in total. The topological polar surface area (TPSA) is 101 Å². The highest BCUT2D eigenvalue weighted by atomic mass is 16.6. The summed E-state index contributed by atoms with van der Waals surface area (Å²) >= 11 is 0. The summed E-state index contributed by atoms with van der Waals surface area (Å²) in [5.74, 6) is -0.377. The maximum absolute atomic E-state index is 12.1. The Kier molecular flexibility index (Phi) is 4.52. The number of hydrogen-bond donors (Lipinski definition) is 2. The number of nitrogens with one attached hydrogen (secondary N) is 2. The van der Waals surface area contributed by atoms with Gasteiger partial charge in [-0.1, -0.05) is 19.1 Å². The standard InChI is InChI=1S/C14H17N3O4/c1-2-11(9-4-3-5-10(8-9)17(20)21)16-14(19)12-6-7-13(18)15-12/h3-5,8,11-12H,2,6-7H2,1H3,(H,15,18)(H,16,19)/t11-,12+/m0/s1. The second kappa shape index (κ2) is 6.34. The highest BCUT2D eigenvalue weighted by Crippen LogP contribution is 2.22. The van der Waals surface area contributed by atoms with Gasteiger partial charge in [0.25, 0.3) is 5.69 Å². The van der Waals surface area contributed by atoms with Crippen LogP contribution in [0, 0.1) is 10.1 Å². The Hall–Kier alpha value is -2.44. The fourth-order valence-electron chi connectivity index (χ4n) is 2.36. The summed E-state index contributed by atoms with van der Waals surface area (Å²) in [4.78, 5) is 33.6. The summed E-state index contributed by atoms with van der Waals surface area (Å²) in [5, 5.41) is 16.2. The normalized spacial score (nSPS) is 18.9. The van der Waals surface area contributed by atoms with E-state index in [9.17, 15) is 19.7 Å². The number of non-ortho nitro benzene ring substituents is 1. The Labute approximate surface area is 121 Å². The van der Waals surface area contributed by atoms with Crippen molar-refractivity contribution in [1.82, 2.24) is 10.6 Å². The van der Waals surface area contributed by atoms with Gasteiger partial charge in [-0.15, -0.1) is 0 Å². The molecule has 1 heterocycles. The lowest BCUT2D eigenvalue weighted by Gasteiger charge is -2.19. The molecule has 7 heteroatoms. The van der Waals surface area contributed by atoms with E-state index in [-0.39, 0.29) is 23.5 Å². The number of carbonyl (C=O) groups is 2. The predicted molar refractivity (Wildman–Crippen MR) is 75.4 cm³/mol. The van der Waals surface area contributed by atoms with Gasteiger partial charge in [0, 0.05) is 18.6 Å². The molecule has 0 saturated carbocycles. The molecule has 0 radical (unpaired) electrons. The summed E-state index contributed by atoms with van der Waals surface area (Å²) in [7, 11) is 0. The molecule has 2 rings (SSSR count). The third-order valence-electron chi connectivity index (χ3n) is 3.52. The van der Waals surface area contributed by atoms with Crippen LogP contribution < -0.4 is 10.6 Å². The zero-order valence-corrected chi connectivity index (χ0v) is 11.7. The highest BCUT2D eigenvalue weighted by molar-refractivity contribution is 5.90. The third kappa shape index (κ3) is 3.56. The average Bonchev–Trinajstić information content (AvgIpc) is 2.91. The van der Waals surface area contributed by atoms with Crippen molar-refractivity contribution in [2.24, 2.45) is 0 Å². The first-order valence-corrected chi connectivity index (χ1v) is 6.85. The molecule has 1 aliphatic rings. The average molecular weight is 291 g/mol. The number of nitro groups is 1. The molecule has 21 heavy (non-hydrogen) atoms. The van der Waals surface area contributed by atoms with E-state index in [2.05, 4.69) is 10.6 Å². The van der Waals surface area contributed by atoms with Gasteiger partial charge in [0.1, 0.15) is 6.04 Å². The molecule has 0 unspecified atom stereocenters. The molecule has 2 N–H and O–H groups in total. The number of carbonyl (C=O) groups excluding carboxylic acids is 2. The summed E-state index contributed by atoms with van der Waals surface area (Å²) < 4.78 is 0. The van der Waals surface area contributed by atoms with Gasteiger partial charge >= 0.3 is 0 Å². The molecule has 0 aromatic heterocycles. The van der Waals surface area contributed by atoms with E-state index >= 15 is 0 Å². The molecule has 2 atom stereocenters. The van der Waals surface area contributed by atoms with Crippen LogP contribution in [-0.2, 0) is 9.59 Å². The molecule has 1 fully saturated rings. The van der Waals surface area contributed by atoms with Crippen molar-refractivity contribution in [2.75, 3.05) is 0 Å². The van der Waals surface area contributed by atoms with Crippen LogP contribution in [0.15, 0.2) is 24.3 Å². The summed E-state index contributed by atoms with van der Waals surface area (Å²) in [6.45, 7) is 1.89. The van der Waals surface area contributed by atoms with E-state index < -0.39 is 11.0 Å². The highest BCUT2D eigenvalue weighted by Gasteiger charge is 2.28. The quantitative estimate of drug-likeness (QED) is 0.633. The number of hydrogen-bond acceptors (Lipinski definition) is 4. The van der Waals surface area contributed by atoms with E-state index in [1.165, 1.54) is 12.1 Å². The second-order valence-electron chi connectivity index (χ2n) is 4.98. The Balaban J connectivity index is 2.09. The largest absolute Gasteiger partial charge is 0.348 e. The number of nitrogens with zero attached hydrogens (tertiary/aromatic N) is 1. The van der Waals surface area contributed by atoms with E-state index in [4.69, 9.17) is 0 Å².